The van der Waals surface area contributed by atoms with Crippen molar-refractivity contribution in [3.05, 3.63) is 35.6 Å². The SMILES string of the molecule is O=C(c1ccccc1F)N1CC[C@@H]2CNC[C@@H]21. The highest BCUT2D eigenvalue weighted by Gasteiger charge is 2.40. The lowest BCUT2D eigenvalue weighted by Crippen LogP contribution is -2.39. The summed E-state index contributed by atoms with van der Waals surface area (Å²) < 4.78 is 13.6. The highest BCUT2D eigenvalue weighted by molar-refractivity contribution is 5.95. The van der Waals surface area contributed by atoms with Gasteiger partial charge in [0, 0.05) is 25.7 Å². The number of carbonyl (C=O) groups is 1. The molecule has 3 nitrogen and oxygen atoms in total. The average Bonchev–Trinajstić information content (AvgIpc) is 2.90. The van der Waals surface area contributed by atoms with Gasteiger partial charge in [-0.05, 0) is 24.5 Å². The molecule has 1 aromatic rings. The molecule has 2 aliphatic rings. The first-order valence-corrected chi connectivity index (χ1v) is 6.03. The Morgan fingerprint density at radius 3 is 3.00 bits per heavy atom. The molecular weight excluding hydrogens is 219 g/mol. The van der Waals surface area contributed by atoms with E-state index >= 15 is 0 Å². The number of fused-ring (bicyclic) bond motifs is 1. The van der Waals surface area contributed by atoms with Crippen LogP contribution in [0.1, 0.15) is 16.8 Å². The van der Waals surface area contributed by atoms with Gasteiger partial charge in [-0.15, -0.1) is 0 Å². The molecule has 0 aromatic heterocycles. The van der Waals surface area contributed by atoms with E-state index < -0.39 is 5.82 Å². The zero-order valence-corrected chi connectivity index (χ0v) is 9.53. The second kappa shape index (κ2) is 4.11. The van der Waals surface area contributed by atoms with Crippen LogP contribution >= 0.6 is 0 Å². The van der Waals surface area contributed by atoms with Crippen LogP contribution in [0.5, 0.6) is 0 Å². The van der Waals surface area contributed by atoms with Gasteiger partial charge in [-0.1, -0.05) is 12.1 Å². The van der Waals surface area contributed by atoms with E-state index in [1.54, 1.807) is 18.2 Å². The molecule has 1 N–H and O–H groups in total. The fourth-order valence-electron chi connectivity index (χ4n) is 2.89. The number of hydrogen-bond donors (Lipinski definition) is 1. The molecule has 0 unspecified atom stereocenters. The second-order valence-electron chi connectivity index (χ2n) is 4.75. The molecule has 2 saturated heterocycles. The van der Waals surface area contributed by atoms with Crippen LogP contribution in [0, 0.1) is 11.7 Å². The molecule has 2 heterocycles. The lowest BCUT2D eigenvalue weighted by atomic mass is 10.0. The summed E-state index contributed by atoms with van der Waals surface area (Å²) in [6.45, 7) is 2.57. The van der Waals surface area contributed by atoms with E-state index in [0.29, 0.717) is 5.92 Å². The van der Waals surface area contributed by atoms with E-state index in [2.05, 4.69) is 5.32 Å². The van der Waals surface area contributed by atoms with Crippen LogP contribution in [0.2, 0.25) is 0 Å². The lowest BCUT2D eigenvalue weighted by Gasteiger charge is -2.23. The number of benzene rings is 1. The number of carbonyl (C=O) groups excluding carboxylic acids is 1. The van der Waals surface area contributed by atoms with E-state index in [-0.39, 0.29) is 17.5 Å². The summed E-state index contributed by atoms with van der Waals surface area (Å²) in [5.41, 5.74) is 0.194. The predicted molar refractivity (Wildman–Crippen MR) is 62.2 cm³/mol. The van der Waals surface area contributed by atoms with Gasteiger partial charge in [0.15, 0.2) is 0 Å². The molecule has 0 radical (unpaired) electrons. The molecule has 3 rings (SSSR count). The minimum atomic E-state index is -0.424. The summed E-state index contributed by atoms with van der Waals surface area (Å²) in [6.07, 6.45) is 1.03. The monoisotopic (exact) mass is 234 g/mol. The molecule has 2 aliphatic heterocycles. The minimum Gasteiger partial charge on any atom is -0.334 e. The summed E-state index contributed by atoms with van der Waals surface area (Å²) in [4.78, 5) is 14.1. The van der Waals surface area contributed by atoms with E-state index in [1.165, 1.54) is 6.07 Å². The van der Waals surface area contributed by atoms with Crippen molar-refractivity contribution in [3.63, 3.8) is 0 Å². The van der Waals surface area contributed by atoms with Gasteiger partial charge in [-0.2, -0.15) is 0 Å². The molecule has 0 bridgehead atoms. The van der Waals surface area contributed by atoms with Crippen molar-refractivity contribution >= 4 is 5.91 Å². The van der Waals surface area contributed by atoms with Gasteiger partial charge in [-0.3, -0.25) is 4.79 Å². The van der Waals surface area contributed by atoms with Gasteiger partial charge >= 0.3 is 0 Å². The fraction of sp³-hybridized carbons (Fsp3) is 0.462. The molecule has 0 aliphatic carbocycles. The van der Waals surface area contributed by atoms with Crippen LogP contribution < -0.4 is 5.32 Å². The first-order chi connectivity index (χ1) is 8.27. The Morgan fingerprint density at radius 2 is 2.18 bits per heavy atom. The maximum atomic E-state index is 13.6. The van der Waals surface area contributed by atoms with Crippen LogP contribution in [0.4, 0.5) is 4.39 Å². The zero-order chi connectivity index (χ0) is 11.8. The van der Waals surface area contributed by atoms with Crippen LogP contribution in [0.3, 0.4) is 0 Å². The third-order valence-corrected chi connectivity index (χ3v) is 3.81. The van der Waals surface area contributed by atoms with Crippen LogP contribution in [-0.4, -0.2) is 36.5 Å². The minimum absolute atomic E-state index is 0.167. The summed E-state index contributed by atoms with van der Waals surface area (Å²) in [5.74, 6) is -0.0445. The van der Waals surface area contributed by atoms with E-state index in [0.717, 1.165) is 26.1 Å². The highest BCUT2D eigenvalue weighted by atomic mass is 19.1. The third-order valence-electron chi connectivity index (χ3n) is 3.81. The van der Waals surface area contributed by atoms with Gasteiger partial charge in [0.1, 0.15) is 5.82 Å². The second-order valence-corrected chi connectivity index (χ2v) is 4.75. The number of nitrogens with one attached hydrogen (secondary N) is 1. The third kappa shape index (κ3) is 1.72. The van der Waals surface area contributed by atoms with Crippen molar-refractivity contribution in [1.29, 1.82) is 0 Å². The highest BCUT2D eigenvalue weighted by Crippen LogP contribution is 2.28. The fourth-order valence-corrected chi connectivity index (χ4v) is 2.89. The van der Waals surface area contributed by atoms with Gasteiger partial charge in [0.25, 0.3) is 5.91 Å². The maximum Gasteiger partial charge on any atom is 0.257 e. The molecular formula is C13H15FN2O. The topological polar surface area (TPSA) is 32.3 Å². The molecule has 2 fully saturated rings. The number of halogens is 1. The molecule has 4 heteroatoms. The number of nitrogens with zero attached hydrogens (tertiary/aromatic N) is 1. The quantitative estimate of drug-likeness (QED) is 0.793. The normalized spacial score (nSPS) is 27.2. The number of likely N-dealkylation sites (tertiary alicyclic amines) is 1. The van der Waals surface area contributed by atoms with E-state index in [1.807, 2.05) is 4.90 Å². The summed E-state index contributed by atoms with van der Waals surface area (Å²) >= 11 is 0. The maximum absolute atomic E-state index is 13.6. The van der Waals surface area contributed by atoms with Crippen molar-refractivity contribution < 1.29 is 9.18 Å². The Morgan fingerprint density at radius 1 is 1.35 bits per heavy atom. The average molecular weight is 234 g/mol. The number of hydrogen-bond acceptors (Lipinski definition) is 2. The predicted octanol–water partition coefficient (Wildman–Crippen LogP) is 1.26. The first kappa shape index (κ1) is 10.7. The smallest absolute Gasteiger partial charge is 0.257 e. The Hall–Kier alpha value is -1.42. The van der Waals surface area contributed by atoms with Gasteiger partial charge < -0.3 is 10.2 Å². The van der Waals surface area contributed by atoms with Gasteiger partial charge in [0.2, 0.25) is 0 Å². The summed E-state index contributed by atoms with van der Waals surface area (Å²) in [5, 5.41) is 3.29. The molecule has 1 amide bonds. The summed E-state index contributed by atoms with van der Waals surface area (Å²) in [6, 6.07) is 6.47. The largest absolute Gasteiger partial charge is 0.334 e. The molecule has 1 aromatic carbocycles. The Bertz CT molecular complexity index is 449. The van der Waals surface area contributed by atoms with Crippen molar-refractivity contribution in [2.45, 2.75) is 12.5 Å². The van der Waals surface area contributed by atoms with E-state index in [4.69, 9.17) is 0 Å². The molecule has 0 saturated carbocycles. The Labute approximate surface area is 99.6 Å². The molecule has 0 spiro atoms. The molecule has 90 valence electrons. The first-order valence-electron chi connectivity index (χ1n) is 6.03. The Balaban J connectivity index is 1.85. The molecule has 2 atom stereocenters. The standard InChI is InChI=1S/C13H15FN2O/c14-11-4-2-1-3-10(11)13(17)16-6-5-9-7-15-8-12(9)16/h1-4,9,12,15H,5-8H2/t9-,12+/m1/s1. The lowest BCUT2D eigenvalue weighted by molar-refractivity contribution is 0.0732. The molecule has 17 heavy (non-hydrogen) atoms. The van der Waals surface area contributed by atoms with Crippen molar-refractivity contribution in [3.8, 4) is 0 Å². The zero-order valence-electron chi connectivity index (χ0n) is 9.53. The van der Waals surface area contributed by atoms with Crippen molar-refractivity contribution in [2.24, 2.45) is 5.92 Å². The van der Waals surface area contributed by atoms with Crippen molar-refractivity contribution in [2.75, 3.05) is 19.6 Å². The van der Waals surface area contributed by atoms with Gasteiger partial charge in [-0.25, -0.2) is 4.39 Å². The van der Waals surface area contributed by atoms with Crippen LogP contribution in [0.15, 0.2) is 24.3 Å². The van der Waals surface area contributed by atoms with Gasteiger partial charge in [0.05, 0.1) is 5.56 Å². The Kier molecular flexibility index (Phi) is 2.59. The van der Waals surface area contributed by atoms with Crippen LogP contribution in [-0.2, 0) is 0 Å². The number of rotatable bonds is 1. The summed E-state index contributed by atoms with van der Waals surface area (Å²) in [7, 11) is 0. The number of amides is 1. The van der Waals surface area contributed by atoms with E-state index in [9.17, 15) is 9.18 Å². The van der Waals surface area contributed by atoms with Crippen molar-refractivity contribution in [1.82, 2.24) is 10.2 Å². The van der Waals surface area contributed by atoms with Crippen LogP contribution in [0.25, 0.3) is 0 Å².